The first-order chi connectivity index (χ1) is 7.25. The quantitative estimate of drug-likeness (QED) is 0.773. The monoisotopic (exact) mass is 254 g/mol. The highest BCUT2D eigenvalue weighted by Crippen LogP contribution is 2.27. The van der Waals surface area contributed by atoms with Crippen LogP contribution in [0.25, 0.3) is 0 Å². The molecule has 0 unspecified atom stereocenters. The van der Waals surface area contributed by atoms with E-state index in [0.717, 1.165) is 0 Å². The molecule has 0 saturated carbocycles. The molecular formula is C8H7F3NO3S-. The number of alkyl halides is 3. The fraction of sp³-hybridized carbons (Fsp3) is 0.250. The maximum absolute atomic E-state index is 12.0. The van der Waals surface area contributed by atoms with Crippen LogP contribution in [0.5, 0.6) is 0 Å². The van der Waals surface area contributed by atoms with Crippen LogP contribution in [0.4, 0.5) is 13.2 Å². The van der Waals surface area contributed by atoms with Crippen LogP contribution in [0, 0.1) is 5.21 Å². The van der Waals surface area contributed by atoms with Gasteiger partial charge < -0.3 is 5.21 Å². The lowest BCUT2D eigenvalue weighted by atomic mass is 10.2. The molecule has 0 atom stereocenters. The van der Waals surface area contributed by atoms with E-state index in [0.29, 0.717) is 0 Å². The Labute approximate surface area is 89.9 Å². The van der Waals surface area contributed by atoms with Gasteiger partial charge in [-0.15, -0.1) is 0 Å². The van der Waals surface area contributed by atoms with Crippen molar-refractivity contribution in [3.63, 3.8) is 0 Å². The Hall–Kier alpha value is -1.12. The van der Waals surface area contributed by atoms with Crippen LogP contribution in [0.3, 0.4) is 0 Å². The Balaban J connectivity index is 2.86. The summed E-state index contributed by atoms with van der Waals surface area (Å²) in [4.78, 5) is 0. The minimum atomic E-state index is -5.80. The molecular weight excluding hydrogens is 247 g/mol. The molecule has 0 aromatic heterocycles. The largest absolute Gasteiger partial charge is 0.772 e. The molecule has 0 aliphatic heterocycles. The van der Waals surface area contributed by atoms with Gasteiger partial charge in [0.15, 0.2) is 0 Å². The summed E-state index contributed by atoms with van der Waals surface area (Å²) in [6, 6.07) is 7.29. The molecule has 0 saturated heterocycles. The number of rotatable bonds is 3. The topological polar surface area (TPSA) is 60.4 Å². The minimum absolute atomic E-state index is 0.185. The molecule has 16 heavy (non-hydrogen) atoms. The molecule has 1 aromatic rings. The highest BCUT2D eigenvalue weighted by atomic mass is 32.2. The number of sulfonamides is 1. The molecule has 1 rings (SSSR count). The van der Waals surface area contributed by atoms with Crippen molar-refractivity contribution >= 4 is 10.0 Å². The molecule has 4 nitrogen and oxygen atoms in total. The van der Waals surface area contributed by atoms with Crippen LogP contribution in [0.15, 0.2) is 30.3 Å². The first-order valence-electron chi connectivity index (χ1n) is 4.05. The van der Waals surface area contributed by atoms with Gasteiger partial charge in [-0.05, 0) is 5.56 Å². The van der Waals surface area contributed by atoms with E-state index < -0.39 is 26.5 Å². The van der Waals surface area contributed by atoms with Gasteiger partial charge in [0.05, 0.1) is 0 Å². The van der Waals surface area contributed by atoms with E-state index in [1.807, 2.05) is 0 Å². The van der Waals surface area contributed by atoms with Crippen molar-refractivity contribution in [2.24, 2.45) is 0 Å². The highest BCUT2D eigenvalue weighted by Gasteiger charge is 2.46. The second-order valence-electron chi connectivity index (χ2n) is 2.90. The summed E-state index contributed by atoms with van der Waals surface area (Å²) in [5, 5.41) is 10.9. The summed E-state index contributed by atoms with van der Waals surface area (Å²) in [5.41, 5.74) is -5.38. The predicted molar refractivity (Wildman–Crippen MR) is 50.3 cm³/mol. The summed E-state index contributed by atoms with van der Waals surface area (Å²) in [7, 11) is -5.80. The maximum Gasteiger partial charge on any atom is 0.510 e. The van der Waals surface area contributed by atoms with Gasteiger partial charge in [-0.1, -0.05) is 30.3 Å². The molecule has 0 aliphatic carbocycles. The van der Waals surface area contributed by atoms with E-state index in [9.17, 15) is 26.8 Å². The second kappa shape index (κ2) is 4.40. The molecule has 8 heteroatoms. The third-order valence-corrected chi connectivity index (χ3v) is 2.97. The molecule has 0 radical (unpaired) electrons. The number of nitrogens with zero attached hydrogens (tertiary/aromatic N) is 1. The average molecular weight is 254 g/mol. The lowest BCUT2D eigenvalue weighted by Crippen LogP contribution is -2.36. The minimum Gasteiger partial charge on any atom is -0.772 e. The fourth-order valence-corrected chi connectivity index (χ4v) is 1.48. The molecule has 0 fully saturated rings. The first-order valence-corrected chi connectivity index (χ1v) is 5.49. The third-order valence-electron chi connectivity index (χ3n) is 1.72. The lowest BCUT2D eigenvalue weighted by molar-refractivity contribution is -0.0479. The molecule has 0 aliphatic rings. The van der Waals surface area contributed by atoms with Crippen LogP contribution >= 0.6 is 0 Å². The van der Waals surface area contributed by atoms with Crippen molar-refractivity contribution in [2.75, 3.05) is 0 Å². The van der Waals surface area contributed by atoms with Crippen LogP contribution in [0.1, 0.15) is 5.56 Å². The Morgan fingerprint density at radius 2 is 1.69 bits per heavy atom. The molecule has 0 amide bonds. The number of halogens is 3. The normalized spacial score (nSPS) is 13.1. The van der Waals surface area contributed by atoms with Gasteiger partial charge in [0.25, 0.3) is 0 Å². The van der Waals surface area contributed by atoms with Crippen molar-refractivity contribution in [1.82, 2.24) is 4.47 Å². The summed E-state index contributed by atoms with van der Waals surface area (Å²) in [6.07, 6.45) is 0. The van der Waals surface area contributed by atoms with Crippen molar-refractivity contribution in [3.05, 3.63) is 41.1 Å². The Morgan fingerprint density at radius 3 is 2.12 bits per heavy atom. The number of benzene rings is 1. The zero-order valence-electron chi connectivity index (χ0n) is 7.81. The SMILES string of the molecule is O=S(=O)(N([O-])Cc1ccccc1)C(F)(F)F. The van der Waals surface area contributed by atoms with Gasteiger partial charge in [0, 0.05) is 6.54 Å². The summed E-state index contributed by atoms with van der Waals surface area (Å²) < 4.78 is 56.2. The van der Waals surface area contributed by atoms with Gasteiger partial charge in [0.1, 0.15) is 0 Å². The van der Waals surface area contributed by atoms with Gasteiger partial charge in [-0.3, -0.25) is 4.47 Å². The average Bonchev–Trinajstić information content (AvgIpc) is 2.17. The molecule has 1 aromatic carbocycles. The zero-order valence-corrected chi connectivity index (χ0v) is 8.62. The maximum atomic E-state index is 12.0. The van der Waals surface area contributed by atoms with Crippen LogP contribution in [-0.2, 0) is 16.6 Å². The molecule has 90 valence electrons. The Morgan fingerprint density at radius 1 is 1.19 bits per heavy atom. The third kappa shape index (κ3) is 2.71. The lowest BCUT2D eigenvalue weighted by Gasteiger charge is -2.27. The van der Waals surface area contributed by atoms with Crippen molar-refractivity contribution in [3.8, 4) is 0 Å². The van der Waals surface area contributed by atoms with E-state index in [2.05, 4.69) is 0 Å². The van der Waals surface area contributed by atoms with Gasteiger partial charge in [-0.2, -0.15) is 13.2 Å². The zero-order chi connectivity index (χ0) is 12.4. The number of hydrogen-bond acceptors (Lipinski definition) is 3. The van der Waals surface area contributed by atoms with E-state index in [1.165, 1.54) is 24.3 Å². The van der Waals surface area contributed by atoms with Crippen LogP contribution in [-0.4, -0.2) is 18.4 Å². The highest BCUT2D eigenvalue weighted by molar-refractivity contribution is 7.90. The standard InChI is InChI=1S/C8H7F3NO3S/c9-8(10,11)16(14,15)12(13)6-7-4-2-1-3-5-7/h1-5H,6H2/q-1. The predicted octanol–water partition coefficient (Wildman–Crippen LogP) is 1.84. The summed E-state index contributed by atoms with van der Waals surface area (Å²) >= 11 is 0. The van der Waals surface area contributed by atoms with Crippen molar-refractivity contribution < 1.29 is 21.6 Å². The first kappa shape index (κ1) is 12.9. The van der Waals surface area contributed by atoms with E-state index in [-0.39, 0.29) is 5.56 Å². The fourth-order valence-electron chi connectivity index (χ4n) is 0.933. The van der Waals surface area contributed by atoms with Crippen LogP contribution in [0.2, 0.25) is 0 Å². The van der Waals surface area contributed by atoms with E-state index in [1.54, 1.807) is 6.07 Å². The van der Waals surface area contributed by atoms with Crippen molar-refractivity contribution in [1.29, 1.82) is 0 Å². The molecule has 0 spiro atoms. The molecule has 0 bridgehead atoms. The Kier molecular flexibility index (Phi) is 3.56. The summed E-state index contributed by atoms with van der Waals surface area (Å²) in [5.74, 6) is 0. The van der Waals surface area contributed by atoms with Gasteiger partial charge in [-0.25, -0.2) is 8.42 Å². The van der Waals surface area contributed by atoms with Gasteiger partial charge in [0.2, 0.25) is 0 Å². The van der Waals surface area contributed by atoms with Crippen LogP contribution < -0.4 is 0 Å². The Bertz CT molecular complexity index is 443. The smallest absolute Gasteiger partial charge is 0.510 e. The second-order valence-corrected chi connectivity index (χ2v) is 4.72. The van der Waals surface area contributed by atoms with Crippen molar-refractivity contribution in [2.45, 2.75) is 12.1 Å². The molecule has 0 heterocycles. The van der Waals surface area contributed by atoms with E-state index in [4.69, 9.17) is 0 Å². The summed E-state index contributed by atoms with van der Waals surface area (Å²) in [6.45, 7) is -0.858. The van der Waals surface area contributed by atoms with Gasteiger partial charge >= 0.3 is 15.5 Å². The number of hydroxylamine groups is 1. The van der Waals surface area contributed by atoms with E-state index >= 15 is 0 Å². The number of hydrogen-bond donors (Lipinski definition) is 0. The molecule has 0 N–H and O–H groups in total.